The SMILES string of the molecule is C1COCCN1.Nc1ccc(Br)cn1.O=C(/C=C/CN1CCOCC1)Nc1ccc(Br)cn1.O=C(O)/C=C/CBr. The number of morpholine rings is 2. The molecule has 2 aliphatic heterocycles. The molecule has 0 spiro atoms. The van der Waals surface area contributed by atoms with E-state index in [0.29, 0.717) is 17.0 Å². The molecule has 40 heavy (non-hydrogen) atoms. The Morgan fingerprint density at radius 2 is 1.60 bits per heavy atom. The lowest BCUT2D eigenvalue weighted by atomic mass is 10.3. The van der Waals surface area contributed by atoms with Crippen LogP contribution < -0.4 is 16.4 Å². The molecule has 2 saturated heterocycles. The number of aliphatic carboxylic acids is 1. The van der Waals surface area contributed by atoms with Crippen molar-refractivity contribution in [2.24, 2.45) is 0 Å². The van der Waals surface area contributed by atoms with E-state index in [9.17, 15) is 9.59 Å². The molecule has 1 amide bonds. The topological polar surface area (TPSA) is 152 Å². The first-order valence-electron chi connectivity index (χ1n) is 12.3. The number of nitrogens with one attached hydrogen (secondary N) is 2. The van der Waals surface area contributed by atoms with Crippen molar-refractivity contribution in [3.8, 4) is 0 Å². The number of carbonyl (C=O) groups is 2. The number of pyridine rings is 2. The van der Waals surface area contributed by atoms with E-state index < -0.39 is 5.97 Å². The summed E-state index contributed by atoms with van der Waals surface area (Å²) >= 11 is 9.55. The minimum Gasteiger partial charge on any atom is -0.478 e. The number of aromatic nitrogens is 2. The van der Waals surface area contributed by atoms with Gasteiger partial charge in [-0.3, -0.25) is 9.69 Å². The predicted molar refractivity (Wildman–Crippen MR) is 168 cm³/mol. The maximum Gasteiger partial charge on any atom is 0.328 e. The molecular weight excluding hydrogens is 716 g/mol. The molecule has 4 heterocycles. The Kier molecular flexibility index (Phi) is 21.0. The lowest BCUT2D eigenvalue weighted by Gasteiger charge is -2.24. The third-order valence-electron chi connectivity index (χ3n) is 4.66. The second-order valence-electron chi connectivity index (χ2n) is 7.82. The number of hydrogen-bond donors (Lipinski definition) is 4. The fourth-order valence-electron chi connectivity index (χ4n) is 2.76. The Balaban J connectivity index is 0.000000312. The first-order valence-corrected chi connectivity index (χ1v) is 15.0. The quantitative estimate of drug-likeness (QED) is 0.254. The highest BCUT2D eigenvalue weighted by atomic mass is 79.9. The van der Waals surface area contributed by atoms with E-state index >= 15 is 0 Å². The zero-order chi connectivity index (χ0) is 29.4. The number of carboxylic acids is 1. The second-order valence-corrected chi connectivity index (χ2v) is 10.3. The number of halogens is 3. The van der Waals surface area contributed by atoms with Gasteiger partial charge in [-0.1, -0.05) is 28.1 Å². The summed E-state index contributed by atoms with van der Waals surface area (Å²) in [5.74, 6) is 0.0277. The van der Waals surface area contributed by atoms with Crippen molar-refractivity contribution in [2.45, 2.75) is 0 Å². The Hall–Kier alpha value is -2.20. The van der Waals surface area contributed by atoms with Crippen molar-refractivity contribution in [3.63, 3.8) is 0 Å². The number of allylic oxidation sites excluding steroid dienone is 1. The number of nitrogens with zero attached hydrogens (tertiary/aromatic N) is 3. The van der Waals surface area contributed by atoms with Crippen LogP contribution in [-0.2, 0) is 19.1 Å². The summed E-state index contributed by atoms with van der Waals surface area (Å²) < 4.78 is 12.1. The minimum atomic E-state index is -0.903. The van der Waals surface area contributed by atoms with Crippen LogP contribution >= 0.6 is 47.8 Å². The summed E-state index contributed by atoms with van der Waals surface area (Å²) in [5.41, 5.74) is 5.29. The summed E-state index contributed by atoms with van der Waals surface area (Å²) in [4.78, 5) is 31.4. The van der Waals surface area contributed by atoms with Crippen LogP contribution in [0.15, 0.2) is 69.9 Å². The molecule has 2 aromatic rings. The molecule has 5 N–H and O–H groups in total. The number of carbonyl (C=O) groups excluding carboxylic acids is 1. The summed E-state index contributed by atoms with van der Waals surface area (Å²) in [6.45, 7) is 7.97. The molecule has 0 atom stereocenters. The number of carboxylic acid groups (broad SMARTS) is 1. The molecule has 220 valence electrons. The van der Waals surface area contributed by atoms with Gasteiger partial charge >= 0.3 is 5.97 Å². The molecule has 2 aromatic heterocycles. The molecular formula is C26H35Br3N6O5. The summed E-state index contributed by atoms with van der Waals surface area (Å²) in [5, 5.41) is 14.4. The van der Waals surface area contributed by atoms with Crippen LogP contribution in [0.3, 0.4) is 0 Å². The van der Waals surface area contributed by atoms with Gasteiger partial charge in [0.15, 0.2) is 0 Å². The van der Waals surface area contributed by atoms with Crippen molar-refractivity contribution in [1.82, 2.24) is 20.2 Å². The van der Waals surface area contributed by atoms with E-state index in [4.69, 9.17) is 20.3 Å². The Labute approximate surface area is 260 Å². The predicted octanol–water partition coefficient (Wildman–Crippen LogP) is 3.73. The van der Waals surface area contributed by atoms with Gasteiger partial charge in [0.1, 0.15) is 11.6 Å². The molecule has 2 fully saturated rings. The molecule has 0 bridgehead atoms. The van der Waals surface area contributed by atoms with E-state index in [1.54, 1.807) is 30.6 Å². The van der Waals surface area contributed by atoms with Gasteiger partial charge in [-0.05, 0) is 56.1 Å². The maximum absolute atomic E-state index is 11.6. The van der Waals surface area contributed by atoms with Crippen LogP contribution in [-0.4, -0.2) is 96.3 Å². The average Bonchev–Trinajstić information content (AvgIpc) is 2.97. The standard InChI is InChI=1S/C13H16BrN3O2.C5H5BrN2.C4H5BrO2.C4H9NO/c14-11-3-4-12(15-10-11)16-13(18)2-1-5-17-6-8-19-9-7-17;6-4-1-2-5(7)8-3-4;5-3-1-2-4(6)7;1-3-6-4-2-5-1/h1-4,10H,5-9H2,(H,15,16,18);1-3H,(H2,7,8);1-2H,3H2,(H,6,7);5H,1-4H2/b2-1+;;2-1+;. The highest BCUT2D eigenvalue weighted by Crippen LogP contribution is 2.10. The van der Waals surface area contributed by atoms with Crippen molar-refractivity contribution in [3.05, 3.63) is 69.9 Å². The fraction of sp³-hybridized carbons (Fsp3) is 0.385. The van der Waals surface area contributed by atoms with Crippen LogP contribution in [0.2, 0.25) is 0 Å². The van der Waals surface area contributed by atoms with Gasteiger partial charge in [-0.2, -0.15) is 0 Å². The first kappa shape index (κ1) is 35.8. The summed E-state index contributed by atoms with van der Waals surface area (Å²) in [6, 6.07) is 7.17. The number of alkyl halides is 1. The van der Waals surface area contributed by atoms with Gasteiger partial charge in [0.05, 0.1) is 26.4 Å². The van der Waals surface area contributed by atoms with Gasteiger partial charge in [0, 0.05) is 71.5 Å². The molecule has 0 radical (unpaired) electrons. The number of nitrogens with two attached hydrogens (primary N) is 1. The van der Waals surface area contributed by atoms with E-state index in [0.717, 1.165) is 74.2 Å². The van der Waals surface area contributed by atoms with Crippen LogP contribution in [0, 0.1) is 0 Å². The van der Waals surface area contributed by atoms with Crippen LogP contribution in [0.1, 0.15) is 0 Å². The maximum atomic E-state index is 11.6. The summed E-state index contributed by atoms with van der Waals surface area (Å²) in [7, 11) is 0. The third kappa shape index (κ3) is 20.7. The zero-order valence-electron chi connectivity index (χ0n) is 22.0. The van der Waals surface area contributed by atoms with E-state index in [1.807, 2.05) is 18.2 Å². The summed E-state index contributed by atoms with van der Waals surface area (Å²) in [6.07, 6.45) is 9.32. The monoisotopic (exact) mass is 748 g/mol. The Morgan fingerprint density at radius 3 is 2.02 bits per heavy atom. The second kappa shape index (κ2) is 23.5. The Morgan fingerprint density at radius 1 is 0.975 bits per heavy atom. The largest absolute Gasteiger partial charge is 0.478 e. The number of ether oxygens (including phenoxy) is 2. The minimum absolute atomic E-state index is 0.164. The highest BCUT2D eigenvalue weighted by molar-refractivity contribution is 9.10. The van der Waals surface area contributed by atoms with Crippen molar-refractivity contribution in [1.29, 1.82) is 0 Å². The molecule has 2 aliphatic rings. The number of hydrogen-bond acceptors (Lipinski definition) is 9. The van der Waals surface area contributed by atoms with Crippen LogP contribution in [0.5, 0.6) is 0 Å². The Bertz CT molecular complexity index is 984. The van der Waals surface area contributed by atoms with E-state index in [2.05, 4.69) is 73.3 Å². The molecule has 0 aromatic carbocycles. The van der Waals surface area contributed by atoms with Gasteiger partial charge in [-0.15, -0.1) is 0 Å². The van der Waals surface area contributed by atoms with Crippen LogP contribution in [0.25, 0.3) is 0 Å². The van der Waals surface area contributed by atoms with Gasteiger partial charge in [-0.25, -0.2) is 14.8 Å². The van der Waals surface area contributed by atoms with Crippen LogP contribution in [0.4, 0.5) is 11.6 Å². The van der Waals surface area contributed by atoms with E-state index in [1.165, 1.54) is 6.08 Å². The molecule has 0 aliphatic carbocycles. The van der Waals surface area contributed by atoms with Gasteiger partial charge in [0.2, 0.25) is 5.91 Å². The zero-order valence-corrected chi connectivity index (χ0v) is 26.7. The van der Waals surface area contributed by atoms with Crippen molar-refractivity contribution >= 4 is 71.3 Å². The molecule has 0 unspecified atom stereocenters. The third-order valence-corrected chi connectivity index (χ3v) is 5.97. The number of amides is 1. The molecule has 11 nitrogen and oxygen atoms in total. The molecule has 0 saturated carbocycles. The molecule has 4 rings (SSSR count). The number of rotatable bonds is 6. The highest BCUT2D eigenvalue weighted by Gasteiger charge is 2.08. The fourth-order valence-corrected chi connectivity index (χ4v) is 3.41. The van der Waals surface area contributed by atoms with Crippen molar-refractivity contribution in [2.75, 3.05) is 75.5 Å². The van der Waals surface area contributed by atoms with E-state index in [-0.39, 0.29) is 5.91 Å². The van der Waals surface area contributed by atoms with Gasteiger partial charge in [0.25, 0.3) is 0 Å². The van der Waals surface area contributed by atoms with Gasteiger partial charge < -0.3 is 30.9 Å². The smallest absolute Gasteiger partial charge is 0.328 e. The lowest BCUT2D eigenvalue weighted by molar-refractivity contribution is -0.131. The normalized spacial score (nSPS) is 15.1. The number of anilines is 2. The first-order chi connectivity index (χ1) is 19.3. The lowest BCUT2D eigenvalue weighted by Crippen LogP contribution is -2.36. The average molecular weight is 751 g/mol. The number of nitrogen functional groups attached to an aromatic ring is 1. The van der Waals surface area contributed by atoms with Crippen molar-refractivity contribution < 1.29 is 24.2 Å². The molecule has 14 heteroatoms.